The molecule has 3 rings (SSSR count). The summed E-state index contributed by atoms with van der Waals surface area (Å²) in [6.07, 6.45) is 0.741. The van der Waals surface area contributed by atoms with Crippen molar-refractivity contribution in [2.45, 2.75) is 18.9 Å². The summed E-state index contributed by atoms with van der Waals surface area (Å²) >= 11 is 0. The molecule has 0 amide bonds. The van der Waals surface area contributed by atoms with E-state index in [0.29, 0.717) is 6.54 Å². The van der Waals surface area contributed by atoms with Crippen LogP contribution in [-0.2, 0) is 0 Å². The highest BCUT2D eigenvalue weighted by molar-refractivity contribution is 5.90. The molecule has 0 spiro atoms. The number of fused-ring (bicyclic) bond motifs is 1. The minimum Gasteiger partial charge on any atom is -0.388 e. The predicted molar refractivity (Wildman–Crippen MR) is 71.4 cm³/mol. The van der Waals surface area contributed by atoms with Gasteiger partial charge in [-0.2, -0.15) is 4.98 Å². The quantitative estimate of drug-likeness (QED) is 0.787. The van der Waals surface area contributed by atoms with Crippen LogP contribution in [0.3, 0.4) is 0 Å². The topological polar surface area (TPSA) is 75.3 Å². The van der Waals surface area contributed by atoms with Crippen molar-refractivity contribution in [1.82, 2.24) is 9.97 Å². The Morgan fingerprint density at radius 1 is 1.33 bits per heavy atom. The summed E-state index contributed by atoms with van der Waals surface area (Å²) in [6, 6.07) is 7.79. The van der Waals surface area contributed by atoms with E-state index in [2.05, 4.69) is 14.9 Å². The average Bonchev–Trinajstić information content (AvgIpc) is 2.68. The third-order valence-electron chi connectivity index (χ3n) is 3.35. The second-order valence-electron chi connectivity index (χ2n) is 5.09. The zero-order valence-electron chi connectivity index (χ0n) is 10.3. The highest BCUT2D eigenvalue weighted by Gasteiger charge is 2.32. The lowest BCUT2D eigenvalue weighted by molar-refractivity contribution is 0.0839. The molecule has 1 aliphatic heterocycles. The predicted octanol–water partition coefficient (Wildman–Crippen LogP) is 1.17. The molecular formula is C13H16N4O. The Hall–Kier alpha value is -1.88. The Morgan fingerprint density at radius 3 is 2.83 bits per heavy atom. The number of aromatic nitrogens is 2. The van der Waals surface area contributed by atoms with Crippen LogP contribution in [0.4, 0.5) is 11.8 Å². The van der Waals surface area contributed by atoms with Crippen LogP contribution in [0.2, 0.25) is 0 Å². The normalized spacial score (nSPS) is 23.8. The van der Waals surface area contributed by atoms with Crippen molar-refractivity contribution in [2.75, 3.05) is 23.7 Å². The lowest BCUT2D eigenvalue weighted by Gasteiger charge is -2.21. The van der Waals surface area contributed by atoms with Gasteiger partial charge in [0.2, 0.25) is 5.95 Å². The summed E-state index contributed by atoms with van der Waals surface area (Å²) in [7, 11) is 0. The van der Waals surface area contributed by atoms with Crippen LogP contribution in [0.25, 0.3) is 10.9 Å². The zero-order chi connectivity index (χ0) is 12.8. The number of β-amino-alcohol motifs (C(OH)–C–C–N with tert-alkyl or cyclic N) is 1. The van der Waals surface area contributed by atoms with Gasteiger partial charge in [0, 0.05) is 18.5 Å². The Balaban J connectivity index is 2.11. The molecule has 0 bridgehead atoms. The highest BCUT2D eigenvalue weighted by atomic mass is 16.3. The number of benzene rings is 1. The van der Waals surface area contributed by atoms with E-state index in [4.69, 9.17) is 5.73 Å². The SMILES string of the molecule is CC1(O)CCN(c2nc(N)nc3ccccc23)C1. The maximum absolute atomic E-state index is 10.1. The molecule has 1 unspecified atom stereocenters. The minimum atomic E-state index is -0.652. The van der Waals surface area contributed by atoms with Crippen molar-refractivity contribution in [1.29, 1.82) is 0 Å². The molecule has 0 radical (unpaired) electrons. The van der Waals surface area contributed by atoms with Crippen LogP contribution >= 0.6 is 0 Å². The summed E-state index contributed by atoms with van der Waals surface area (Å²) in [5.41, 5.74) is 5.94. The van der Waals surface area contributed by atoms with Gasteiger partial charge < -0.3 is 15.7 Å². The Morgan fingerprint density at radius 2 is 2.11 bits per heavy atom. The first-order valence-corrected chi connectivity index (χ1v) is 6.05. The van der Waals surface area contributed by atoms with Crippen LogP contribution < -0.4 is 10.6 Å². The van der Waals surface area contributed by atoms with Crippen molar-refractivity contribution in [3.05, 3.63) is 24.3 Å². The molecule has 0 saturated carbocycles. The first-order chi connectivity index (χ1) is 8.55. The summed E-state index contributed by atoms with van der Waals surface area (Å²) in [5.74, 6) is 1.09. The highest BCUT2D eigenvalue weighted by Crippen LogP contribution is 2.30. The van der Waals surface area contributed by atoms with E-state index in [1.807, 2.05) is 31.2 Å². The molecule has 94 valence electrons. The fourth-order valence-electron chi connectivity index (χ4n) is 2.44. The van der Waals surface area contributed by atoms with E-state index in [1.54, 1.807) is 0 Å². The third kappa shape index (κ3) is 1.86. The monoisotopic (exact) mass is 244 g/mol. The number of aliphatic hydroxyl groups is 1. The maximum atomic E-state index is 10.1. The summed E-state index contributed by atoms with van der Waals surface area (Å²) in [6.45, 7) is 3.21. The van der Waals surface area contributed by atoms with Crippen molar-refractivity contribution < 1.29 is 5.11 Å². The number of nitrogens with zero attached hydrogens (tertiary/aromatic N) is 3. The van der Waals surface area contributed by atoms with Crippen LogP contribution in [0.1, 0.15) is 13.3 Å². The van der Waals surface area contributed by atoms with Gasteiger partial charge in [0.05, 0.1) is 11.1 Å². The summed E-state index contributed by atoms with van der Waals surface area (Å²) in [5, 5.41) is 11.0. The Bertz CT molecular complexity index is 597. The van der Waals surface area contributed by atoms with Crippen LogP contribution in [0.5, 0.6) is 0 Å². The largest absolute Gasteiger partial charge is 0.388 e. The number of hydrogen-bond acceptors (Lipinski definition) is 5. The number of nitrogen functional groups attached to an aromatic ring is 1. The third-order valence-corrected chi connectivity index (χ3v) is 3.35. The first-order valence-electron chi connectivity index (χ1n) is 6.05. The molecule has 5 nitrogen and oxygen atoms in total. The van der Waals surface area contributed by atoms with Gasteiger partial charge in [-0.15, -0.1) is 0 Å². The van der Waals surface area contributed by atoms with Gasteiger partial charge in [-0.3, -0.25) is 0 Å². The van der Waals surface area contributed by atoms with E-state index in [0.717, 1.165) is 29.7 Å². The molecule has 1 atom stereocenters. The fourth-order valence-corrected chi connectivity index (χ4v) is 2.44. The molecule has 1 aromatic heterocycles. The molecule has 2 aromatic rings. The molecular weight excluding hydrogens is 228 g/mol. The smallest absolute Gasteiger partial charge is 0.222 e. The number of para-hydroxylation sites is 1. The molecule has 2 heterocycles. The van der Waals surface area contributed by atoms with Gasteiger partial charge in [0.25, 0.3) is 0 Å². The van der Waals surface area contributed by atoms with Crippen molar-refractivity contribution in [3.8, 4) is 0 Å². The van der Waals surface area contributed by atoms with Crippen LogP contribution in [0, 0.1) is 0 Å². The molecule has 1 aromatic carbocycles. The van der Waals surface area contributed by atoms with Gasteiger partial charge >= 0.3 is 0 Å². The summed E-state index contributed by atoms with van der Waals surface area (Å²) < 4.78 is 0. The molecule has 0 aliphatic carbocycles. The molecule has 1 aliphatic rings. The molecule has 3 N–H and O–H groups in total. The van der Waals surface area contributed by atoms with Gasteiger partial charge in [0.15, 0.2) is 0 Å². The van der Waals surface area contributed by atoms with E-state index in [9.17, 15) is 5.11 Å². The number of hydrogen-bond donors (Lipinski definition) is 2. The number of nitrogens with two attached hydrogens (primary N) is 1. The standard InChI is InChI=1S/C13H16N4O/c1-13(18)6-7-17(8-13)11-9-4-2-3-5-10(9)15-12(14)16-11/h2-5,18H,6-8H2,1H3,(H2,14,15,16). The van der Waals surface area contributed by atoms with E-state index in [-0.39, 0.29) is 5.95 Å². The first kappa shape index (κ1) is 11.2. The molecule has 1 fully saturated rings. The van der Waals surface area contributed by atoms with Crippen LogP contribution in [-0.4, -0.2) is 33.8 Å². The lowest BCUT2D eigenvalue weighted by Crippen LogP contribution is -2.30. The van der Waals surface area contributed by atoms with E-state index < -0.39 is 5.60 Å². The second kappa shape index (κ2) is 3.81. The van der Waals surface area contributed by atoms with Crippen molar-refractivity contribution in [3.63, 3.8) is 0 Å². The van der Waals surface area contributed by atoms with E-state index in [1.165, 1.54) is 0 Å². The van der Waals surface area contributed by atoms with Crippen molar-refractivity contribution >= 4 is 22.7 Å². The second-order valence-corrected chi connectivity index (χ2v) is 5.09. The average molecular weight is 244 g/mol. The van der Waals surface area contributed by atoms with Gasteiger partial charge in [-0.05, 0) is 25.5 Å². The Kier molecular flexibility index (Phi) is 2.38. The molecule has 1 saturated heterocycles. The molecule has 18 heavy (non-hydrogen) atoms. The fraction of sp³-hybridized carbons (Fsp3) is 0.385. The van der Waals surface area contributed by atoms with Gasteiger partial charge in [-0.1, -0.05) is 12.1 Å². The summed E-state index contributed by atoms with van der Waals surface area (Å²) in [4.78, 5) is 10.6. The minimum absolute atomic E-state index is 0.273. The number of rotatable bonds is 1. The van der Waals surface area contributed by atoms with Gasteiger partial charge in [-0.25, -0.2) is 4.98 Å². The Labute approximate surface area is 105 Å². The van der Waals surface area contributed by atoms with E-state index >= 15 is 0 Å². The number of anilines is 2. The molecule has 5 heteroatoms. The van der Waals surface area contributed by atoms with Crippen molar-refractivity contribution in [2.24, 2.45) is 0 Å². The van der Waals surface area contributed by atoms with Crippen LogP contribution in [0.15, 0.2) is 24.3 Å². The maximum Gasteiger partial charge on any atom is 0.222 e. The zero-order valence-corrected chi connectivity index (χ0v) is 10.3. The van der Waals surface area contributed by atoms with Gasteiger partial charge in [0.1, 0.15) is 5.82 Å². The lowest BCUT2D eigenvalue weighted by atomic mass is 10.1.